The summed E-state index contributed by atoms with van der Waals surface area (Å²) in [7, 11) is 0. The van der Waals surface area contributed by atoms with Gasteiger partial charge in [0.25, 0.3) is 5.91 Å². The van der Waals surface area contributed by atoms with Crippen LogP contribution in [0.15, 0.2) is 35.8 Å². The summed E-state index contributed by atoms with van der Waals surface area (Å²) in [5.41, 5.74) is 1.81. The lowest BCUT2D eigenvalue weighted by atomic mass is 10.1. The zero-order valence-corrected chi connectivity index (χ0v) is 12.2. The maximum absolute atomic E-state index is 12.6. The molecule has 3 rings (SSSR count). The average Bonchev–Trinajstić information content (AvgIpc) is 2.89. The van der Waals surface area contributed by atoms with Crippen molar-refractivity contribution in [2.24, 2.45) is 0 Å². The van der Waals surface area contributed by atoms with Crippen molar-refractivity contribution in [1.82, 2.24) is 9.88 Å². The Hall–Kier alpha value is -1.68. The van der Waals surface area contributed by atoms with Gasteiger partial charge in [-0.1, -0.05) is 25.0 Å². The number of aromatic nitrogens is 1. The zero-order chi connectivity index (χ0) is 13.8. The van der Waals surface area contributed by atoms with Crippen LogP contribution in [0.5, 0.6) is 0 Å². The summed E-state index contributed by atoms with van der Waals surface area (Å²) < 4.78 is 0. The quantitative estimate of drug-likeness (QED) is 0.840. The van der Waals surface area contributed by atoms with E-state index in [1.54, 1.807) is 17.5 Å². The van der Waals surface area contributed by atoms with Gasteiger partial charge >= 0.3 is 0 Å². The molecule has 104 valence electrons. The first kappa shape index (κ1) is 13.3. The molecule has 0 unspecified atom stereocenters. The van der Waals surface area contributed by atoms with Gasteiger partial charge in [-0.15, -0.1) is 11.3 Å². The molecule has 4 heteroatoms. The van der Waals surface area contributed by atoms with Crippen molar-refractivity contribution in [1.29, 1.82) is 0 Å². The standard InChI is InChI=1S/C16H18N2OS/c19-16(18-9-3-1-2-4-10-18)14-7-5-6-13(12-14)15-17-8-11-20-15/h5-8,11-12H,1-4,9-10H2. The number of carbonyl (C=O) groups excluding carboxylic acids is 1. The molecule has 1 aliphatic heterocycles. The Balaban J connectivity index is 1.82. The Labute approximate surface area is 123 Å². The summed E-state index contributed by atoms with van der Waals surface area (Å²) in [6, 6.07) is 7.83. The molecular weight excluding hydrogens is 268 g/mol. The number of nitrogens with zero attached hydrogens (tertiary/aromatic N) is 2. The fourth-order valence-corrected chi connectivity index (χ4v) is 3.24. The van der Waals surface area contributed by atoms with Crippen LogP contribution in [0, 0.1) is 0 Å². The highest BCUT2D eigenvalue weighted by atomic mass is 32.1. The van der Waals surface area contributed by atoms with Gasteiger partial charge in [0.2, 0.25) is 0 Å². The molecule has 20 heavy (non-hydrogen) atoms. The van der Waals surface area contributed by atoms with Gasteiger partial charge in [-0.2, -0.15) is 0 Å². The van der Waals surface area contributed by atoms with Crippen LogP contribution in [0.1, 0.15) is 36.0 Å². The van der Waals surface area contributed by atoms with E-state index in [2.05, 4.69) is 4.98 Å². The summed E-state index contributed by atoms with van der Waals surface area (Å²) in [5.74, 6) is 0.158. The van der Waals surface area contributed by atoms with Crippen molar-refractivity contribution in [3.05, 3.63) is 41.4 Å². The number of thiazole rings is 1. The molecule has 0 N–H and O–H groups in total. The number of hydrogen-bond acceptors (Lipinski definition) is 3. The van der Waals surface area contributed by atoms with Crippen LogP contribution in [0.2, 0.25) is 0 Å². The number of benzene rings is 1. The number of likely N-dealkylation sites (tertiary alicyclic amines) is 1. The van der Waals surface area contributed by atoms with E-state index in [0.717, 1.165) is 42.1 Å². The molecule has 1 amide bonds. The van der Waals surface area contributed by atoms with E-state index in [0.29, 0.717) is 0 Å². The van der Waals surface area contributed by atoms with Gasteiger partial charge in [-0.25, -0.2) is 4.98 Å². The van der Waals surface area contributed by atoms with Gasteiger partial charge < -0.3 is 4.90 Å². The minimum Gasteiger partial charge on any atom is -0.339 e. The van der Waals surface area contributed by atoms with E-state index in [1.807, 2.05) is 34.5 Å². The molecule has 0 spiro atoms. The SMILES string of the molecule is O=C(c1cccc(-c2nccs2)c1)N1CCCCCC1. The van der Waals surface area contributed by atoms with E-state index in [4.69, 9.17) is 0 Å². The van der Waals surface area contributed by atoms with Crippen LogP contribution in [0.3, 0.4) is 0 Å². The molecule has 1 saturated heterocycles. The van der Waals surface area contributed by atoms with Crippen molar-refractivity contribution in [3.8, 4) is 10.6 Å². The third kappa shape index (κ3) is 2.90. The third-order valence-electron chi connectivity index (χ3n) is 3.68. The Morgan fingerprint density at radius 2 is 1.95 bits per heavy atom. The van der Waals surface area contributed by atoms with Crippen LogP contribution >= 0.6 is 11.3 Å². The van der Waals surface area contributed by atoms with Gasteiger partial charge in [0.15, 0.2) is 0 Å². The largest absolute Gasteiger partial charge is 0.339 e. The highest BCUT2D eigenvalue weighted by molar-refractivity contribution is 7.13. The first-order valence-electron chi connectivity index (χ1n) is 7.14. The molecule has 0 atom stereocenters. The predicted molar refractivity (Wildman–Crippen MR) is 81.9 cm³/mol. The maximum atomic E-state index is 12.6. The van der Waals surface area contributed by atoms with Gasteiger partial charge in [0, 0.05) is 35.8 Å². The average molecular weight is 286 g/mol. The summed E-state index contributed by atoms with van der Waals surface area (Å²) in [5, 5.41) is 2.93. The first-order valence-corrected chi connectivity index (χ1v) is 8.02. The van der Waals surface area contributed by atoms with Crippen molar-refractivity contribution in [2.75, 3.05) is 13.1 Å². The molecule has 0 saturated carbocycles. The lowest BCUT2D eigenvalue weighted by molar-refractivity contribution is 0.0761. The van der Waals surface area contributed by atoms with Crippen molar-refractivity contribution >= 4 is 17.2 Å². The van der Waals surface area contributed by atoms with Gasteiger partial charge in [0.1, 0.15) is 5.01 Å². The van der Waals surface area contributed by atoms with E-state index in [1.165, 1.54) is 12.8 Å². The molecule has 0 radical (unpaired) electrons. The second-order valence-corrected chi connectivity index (χ2v) is 6.02. The summed E-state index contributed by atoms with van der Waals surface area (Å²) in [4.78, 5) is 18.9. The van der Waals surface area contributed by atoms with E-state index in [9.17, 15) is 4.79 Å². The van der Waals surface area contributed by atoms with E-state index < -0.39 is 0 Å². The molecule has 2 aromatic rings. The van der Waals surface area contributed by atoms with Crippen molar-refractivity contribution < 1.29 is 4.79 Å². The molecule has 0 bridgehead atoms. The van der Waals surface area contributed by atoms with Crippen LogP contribution < -0.4 is 0 Å². The lowest BCUT2D eigenvalue weighted by Gasteiger charge is -2.20. The minimum absolute atomic E-state index is 0.158. The Kier molecular flexibility index (Phi) is 4.11. The third-order valence-corrected chi connectivity index (χ3v) is 4.50. The molecule has 1 aromatic carbocycles. The normalized spacial score (nSPS) is 15.9. The molecule has 1 fully saturated rings. The molecular formula is C16H18N2OS. The maximum Gasteiger partial charge on any atom is 0.253 e. The fraction of sp³-hybridized carbons (Fsp3) is 0.375. The minimum atomic E-state index is 0.158. The molecule has 0 aliphatic carbocycles. The zero-order valence-electron chi connectivity index (χ0n) is 11.4. The first-order chi connectivity index (χ1) is 9.84. The van der Waals surface area contributed by atoms with Crippen molar-refractivity contribution in [2.45, 2.75) is 25.7 Å². The topological polar surface area (TPSA) is 33.2 Å². The second kappa shape index (κ2) is 6.18. The van der Waals surface area contributed by atoms with Crippen LogP contribution in [-0.2, 0) is 0 Å². The smallest absolute Gasteiger partial charge is 0.253 e. The van der Waals surface area contributed by atoms with E-state index >= 15 is 0 Å². The monoisotopic (exact) mass is 286 g/mol. The van der Waals surface area contributed by atoms with Gasteiger partial charge in [-0.05, 0) is 25.0 Å². The summed E-state index contributed by atoms with van der Waals surface area (Å²) >= 11 is 1.60. The van der Waals surface area contributed by atoms with Crippen LogP contribution in [0.25, 0.3) is 10.6 Å². The Morgan fingerprint density at radius 1 is 1.15 bits per heavy atom. The predicted octanol–water partition coefficient (Wildman–Crippen LogP) is 3.83. The number of hydrogen-bond donors (Lipinski definition) is 0. The highest BCUT2D eigenvalue weighted by Gasteiger charge is 2.17. The Bertz CT molecular complexity index is 572. The summed E-state index contributed by atoms with van der Waals surface area (Å²) in [6.07, 6.45) is 6.52. The fourth-order valence-electron chi connectivity index (χ4n) is 2.61. The second-order valence-electron chi connectivity index (χ2n) is 5.12. The molecule has 1 aromatic heterocycles. The van der Waals surface area contributed by atoms with Crippen LogP contribution in [0.4, 0.5) is 0 Å². The highest BCUT2D eigenvalue weighted by Crippen LogP contribution is 2.23. The van der Waals surface area contributed by atoms with Crippen molar-refractivity contribution in [3.63, 3.8) is 0 Å². The Morgan fingerprint density at radius 3 is 2.65 bits per heavy atom. The number of amides is 1. The number of carbonyl (C=O) groups is 1. The molecule has 1 aliphatic rings. The molecule has 3 nitrogen and oxygen atoms in total. The lowest BCUT2D eigenvalue weighted by Crippen LogP contribution is -2.31. The molecule has 2 heterocycles. The van der Waals surface area contributed by atoms with Gasteiger partial charge in [-0.3, -0.25) is 4.79 Å². The van der Waals surface area contributed by atoms with Crippen LogP contribution in [-0.4, -0.2) is 28.9 Å². The number of rotatable bonds is 2. The van der Waals surface area contributed by atoms with Gasteiger partial charge in [0.05, 0.1) is 0 Å². The van der Waals surface area contributed by atoms with E-state index in [-0.39, 0.29) is 5.91 Å². The summed E-state index contributed by atoms with van der Waals surface area (Å²) in [6.45, 7) is 1.78.